The summed E-state index contributed by atoms with van der Waals surface area (Å²) in [6.07, 6.45) is 1.12. The number of aromatic nitrogens is 2. The molecule has 4 aromatic rings. The van der Waals surface area contributed by atoms with Crippen LogP contribution in [-0.2, 0) is 14.8 Å². The molecule has 0 saturated carbocycles. The van der Waals surface area contributed by atoms with E-state index >= 15 is 0 Å². The van der Waals surface area contributed by atoms with Gasteiger partial charge in [0.05, 0.1) is 15.9 Å². The zero-order valence-electron chi connectivity index (χ0n) is 18.2. The number of rotatable bonds is 5. The van der Waals surface area contributed by atoms with Gasteiger partial charge in [-0.05, 0) is 55.7 Å². The van der Waals surface area contributed by atoms with Gasteiger partial charge in [0.25, 0.3) is 0 Å². The summed E-state index contributed by atoms with van der Waals surface area (Å²) in [5.74, 6) is 0.368. The Morgan fingerprint density at radius 2 is 1.88 bits per heavy atom. The Bertz CT molecular complexity index is 1430. The van der Waals surface area contributed by atoms with Crippen LogP contribution in [0.1, 0.15) is 18.4 Å². The summed E-state index contributed by atoms with van der Waals surface area (Å²) in [6, 6.07) is 21.2. The number of carbonyl (C=O) groups is 1. The van der Waals surface area contributed by atoms with Crippen LogP contribution in [0.25, 0.3) is 22.4 Å². The lowest BCUT2D eigenvalue weighted by atomic mass is 10.2. The van der Waals surface area contributed by atoms with Gasteiger partial charge in [0, 0.05) is 17.8 Å². The van der Waals surface area contributed by atoms with Gasteiger partial charge in [-0.2, -0.15) is 4.31 Å². The maximum Gasteiger partial charge on any atom is 0.243 e. The van der Waals surface area contributed by atoms with E-state index in [-0.39, 0.29) is 10.8 Å². The molecule has 5 rings (SSSR count). The zero-order valence-corrected chi connectivity index (χ0v) is 19.0. The first-order valence-electron chi connectivity index (χ1n) is 10.9. The van der Waals surface area contributed by atoms with Gasteiger partial charge in [0.1, 0.15) is 11.9 Å². The highest BCUT2D eigenvalue weighted by Crippen LogP contribution is 2.29. The predicted molar refractivity (Wildman–Crippen MR) is 128 cm³/mol. The van der Waals surface area contributed by atoms with E-state index in [2.05, 4.69) is 15.3 Å². The first kappa shape index (κ1) is 21.4. The number of nitrogens with zero attached hydrogens (tertiary/aromatic N) is 2. The van der Waals surface area contributed by atoms with Crippen molar-refractivity contribution >= 4 is 32.7 Å². The van der Waals surface area contributed by atoms with Crippen LogP contribution in [0.15, 0.2) is 77.7 Å². The summed E-state index contributed by atoms with van der Waals surface area (Å²) in [5.41, 5.74) is 3.92. The minimum atomic E-state index is -3.86. The highest BCUT2D eigenvalue weighted by atomic mass is 32.2. The summed E-state index contributed by atoms with van der Waals surface area (Å²) in [7, 11) is -3.86. The minimum absolute atomic E-state index is 0.147. The number of nitrogens with one attached hydrogen (secondary N) is 2. The monoisotopic (exact) mass is 460 g/mol. The van der Waals surface area contributed by atoms with Gasteiger partial charge in [-0.1, -0.05) is 42.5 Å². The second kappa shape index (κ2) is 8.46. The third-order valence-corrected chi connectivity index (χ3v) is 7.80. The molecular weight excluding hydrogens is 436 g/mol. The molecule has 2 N–H and O–H groups in total. The molecule has 1 atom stereocenters. The van der Waals surface area contributed by atoms with Gasteiger partial charge in [-0.3, -0.25) is 4.79 Å². The highest BCUT2D eigenvalue weighted by molar-refractivity contribution is 7.89. The van der Waals surface area contributed by atoms with Crippen molar-refractivity contribution in [1.29, 1.82) is 0 Å². The fraction of sp³-hybridized carbons (Fsp3) is 0.200. The molecule has 0 radical (unpaired) electrons. The molecule has 7 nitrogen and oxygen atoms in total. The van der Waals surface area contributed by atoms with Crippen molar-refractivity contribution in [3.8, 4) is 11.4 Å². The fourth-order valence-corrected chi connectivity index (χ4v) is 5.94. The lowest BCUT2D eigenvalue weighted by Crippen LogP contribution is -2.43. The molecule has 1 amide bonds. The van der Waals surface area contributed by atoms with E-state index in [1.807, 2.05) is 55.5 Å². The molecule has 8 heteroatoms. The van der Waals surface area contributed by atoms with Crippen molar-refractivity contribution in [3.05, 3.63) is 78.4 Å². The van der Waals surface area contributed by atoms with E-state index in [0.717, 1.165) is 11.1 Å². The van der Waals surface area contributed by atoms with E-state index in [0.29, 0.717) is 41.9 Å². The average molecular weight is 461 g/mol. The number of aryl methyl sites for hydroxylation is 1. The number of benzene rings is 3. The Balaban J connectivity index is 1.42. The number of aromatic amines is 1. The van der Waals surface area contributed by atoms with E-state index in [1.54, 1.807) is 24.3 Å². The van der Waals surface area contributed by atoms with Gasteiger partial charge >= 0.3 is 0 Å². The van der Waals surface area contributed by atoms with Crippen molar-refractivity contribution in [2.45, 2.75) is 30.7 Å². The zero-order chi connectivity index (χ0) is 23.0. The third-order valence-electron chi connectivity index (χ3n) is 5.90. The third kappa shape index (κ3) is 4.15. The number of carbonyl (C=O) groups excluding carboxylic acids is 1. The summed E-state index contributed by atoms with van der Waals surface area (Å²) < 4.78 is 28.3. The van der Waals surface area contributed by atoms with Gasteiger partial charge in [-0.25, -0.2) is 13.4 Å². The Hall–Kier alpha value is -3.49. The molecule has 3 aromatic carbocycles. The molecular formula is C25H24N4O3S. The molecule has 0 spiro atoms. The second-order valence-electron chi connectivity index (χ2n) is 8.26. The highest BCUT2D eigenvalue weighted by Gasteiger charge is 2.39. The molecule has 1 aliphatic heterocycles. The number of fused-ring (bicyclic) bond motifs is 1. The van der Waals surface area contributed by atoms with Crippen molar-refractivity contribution in [2.24, 2.45) is 0 Å². The number of hydrogen-bond donors (Lipinski definition) is 2. The SMILES string of the molecule is Cc1cccc(NC(=O)[C@@H]2CCCN2S(=O)(=O)c2ccc3nc(-c4ccccc4)[nH]c3c2)c1. The van der Waals surface area contributed by atoms with E-state index in [4.69, 9.17) is 0 Å². The van der Waals surface area contributed by atoms with Crippen LogP contribution in [0.4, 0.5) is 5.69 Å². The van der Waals surface area contributed by atoms with E-state index in [9.17, 15) is 13.2 Å². The maximum atomic E-state index is 13.5. The number of imidazole rings is 1. The lowest BCUT2D eigenvalue weighted by molar-refractivity contribution is -0.119. The van der Waals surface area contributed by atoms with Gasteiger partial charge in [0.15, 0.2) is 0 Å². The van der Waals surface area contributed by atoms with Gasteiger partial charge < -0.3 is 10.3 Å². The number of sulfonamides is 1. The van der Waals surface area contributed by atoms with Crippen LogP contribution in [0.3, 0.4) is 0 Å². The van der Waals surface area contributed by atoms with Crippen LogP contribution in [0, 0.1) is 6.92 Å². The predicted octanol–water partition coefficient (Wildman–Crippen LogP) is 4.33. The average Bonchev–Trinajstić information content (AvgIpc) is 3.47. The number of anilines is 1. The van der Waals surface area contributed by atoms with Crippen LogP contribution in [-0.4, -0.2) is 41.2 Å². The van der Waals surface area contributed by atoms with Crippen LogP contribution < -0.4 is 5.32 Å². The molecule has 33 heavy (non-hydrogen) atoms. The van der Waals surface area contributed by atoms with Crippen molar-refractivity contribution in [1.82, 2.24) is 14.3 Å². The lowest BCUT2D eigenvalue weighted by Gasteiger charge is -2.23. The molecule has 0 unspecified atom stereocenters. The summed E-state index contributed by atoms with van der Waals surface area (Å²) in [5, 5.41) is 2.87. The molecule has 1 aromatic heterocycles. The molecule has 0 bridgehead atoms. The molecule has 168 valence electrons. The Labute approximate surface area is 192 Å². The number of H-pyrrole nitrogens is 1. The molecule has 1 saturated heterocycles. The van der Waals surface area contributed by atoms with Crippen molar-refractivity contribution in [2.75, 3.05) is 11.9 Å². The fourth-order valence-electron chi connectivity index (χ4n) is 4.26. The van der Waals surface area contributed by atoms with E-state index < -0.39 is 16.1 Å². The number of amides is 1. The minimum Gasteiger partial charge on any atom is -0.338 e. The summed E-state index contributed by atoms with van der Waals surface area (Å²) in [6.45, 7) is 2.25. The Morgan fingerprint density at radius 1 is 1.06 bits per heavy atom. The van der Waals surface area contributed by atoms with Gasteiger partial charge in [0.2, 0.25) is 15.9 Å². The molecule has 1 aliphatic rings. The Kier molecular flexibility index (Phi) is 5.47. The normalized spacial score (nSPS) is 16.8. The summed E-state index contributed by atoms with van der Waals surface area (Å²) in [4.78, 5) is 20.9. The topological polar surface area (TPSA) is 95.2 Å². The van der Waals surface area contributed by atoms with Crippen molar-refractivity contribution < 1.29 is 13.2 Å². The standard InChI is InChI=1S/C25H24N4O3S/c1-17-7-5-10-19(15-17)26-25(30)23-11-6-14-29(23)33(31,32)20-12-13-21-22(16-20)28-24(27-21)18-8-3-2-4-9-18/h2-5,7-10,12-13,15-16,23H,6,11,14H2,1H3,(H,26,30)(H,27,28)/t23-/m0/s1. The summed E-state index contributed by atoms with van der Waals surface area (Å²) >= 11 is 0. The maximum absolute atomic E-state index is 13.5. The van der Waals surface area contributed by atoms with Crippen LogP contribution >= 0.6 is 0 Å². The van der Waals surface area contributed by atoms with E-state index in [1.165, 1.54) is 4.31 Å². The van der Waals surface area contributed by atoms with Crippen LogP contribution in [0.2, 0.25) is 0 Å². The first-order chi connectivity index (χ1) is 15.9. The van der Waals surface area contributed by atoms with Gasteiger partial charge in [-0.15, -0.1) is 0 Å². The van der Waals surface area contributed by atoms with Crippen LogP contribution in [0.5, 0.6) is 0 Å². The number of hydrogen-bond acceptors (Lipinski definition) is 4. The largest absolute Gasteiger partial charge is 0.338 e. The molecule has 1 fully saturated rings. The first-order valence-corrected chi connectivity index (χ1v) is 12.3. The second-order valence-corrected chi connectivity index (χ2v) is 10.2. The quantitative estimate of drug-likeness (QED) is 0.463. The Morgan fingerprint density at radius 3 is 2.67 bits per heavy atom. The smallest absolute Gasteiger partial charge is 0.243 e. The van der Waals surface area contributed by atoms with Crippen molar-refractivity contribution in [3.63, 3.8) is 0 Å². The molecule has 2 heterocycles. The molecule has 0 aliphatic carbocycles.